The third-order valence-corrected chi connectivity index (χ3v) is 4.26. The van der Waals surface area contributed by atoms with Gasteiger partial charge in [0.15, 0.2) is 0 Å². The van der Waals surface area contributed by atoms with E-state index in [1.165, 1.54) is 32.1 Å². The highest BCUT2D eigenvalue weighted by atomic mass is 16.1. The van der Waals surface area contributed by atoms with Gasteiger partial charge in [0.25, 0.3) is 0 Å². The maximum atomic E-state index is 12.4. The van der Waals surface area contributed by atoms with E-state index < -0.39 is 0 Å². The first-order valence-corrected chi connectivity index (χ1v) is 7.82. The molecule has 0 radical (unpaired) electrons. The number of amides is 1. The van der Waals surface area contributed by atoms with Crippen LogP contribution < -0.4 is 11.1 Å². The van der Waals surface area contributed by atoms with Crippen molar-refractivity contribution in [3.8, 4) is 0 Å². The summed E-state index contributed by atoms with van der Waals surface area (Å²) in [6, 6.07) is 7.97. The summed E-state index contributed by atoms with van der Waals surface area (Å²) in [5.41, 5.74) is 7.50. The first-order chi connectivity index (χ1) is 9.66. The van der Waals surface area contributed by atoms with Gasteiger partial charge in [-0.05, 0) is 37.5 Å². The van der Waals surface area contributed by atoms with Crippen LogP contribution in [-0.2, 0) is 4.79 Å². The van der Waals surface area contributed by atoms with Crippen molar-refractivity contribution in [1.82, 2.24) is 5.32 Å². The standard InChI is InChI=1S/C17H26N2O/c1-13(14-8-7-9-15(18)12-14)17(20)19-16-10-5-3-2-4-6-11-16/h7-9,12-13,16H,2-6,10-11,18H2,1H3,(H,19,20). The zero-order valence-corrected chi connectivity index (χ0v) is 12.4. The summed E-state index contributed by atoms with van der Waals surface area (Å²) in [6.45, 7) is 1.95. The van der Waals surface area contributed by atoms with Gasteiger partial charge in [0.05, 0.1) is 5.92 Å². The van der Waals surface area contributed by atoms with Crippen LogP contribution in [0.25, 0.3) is 0 Å². The molecule has 1 aliphatic carbocycles. The molecule has 3 nitrogen and oxygen atoms in total. The van der Waals surface area contributed by atoms with Crippen LogP contribution in [0.4, 0.5) is 5.69 Å². The number of nitrogens with one attached hydrogen (secondary N) is 1. The lowest BCUT2D eigenvalue weighted by molar-refractivity contribution is -0.123. The molecule has 1 aromatic rings. The zero-order chi connectivity index (χ0) is 14.4. The number of anilines is 1. The molecule has 1 amide bonds. The van der Waals surface area contributed by atoms with Crippen molar-refractivity contribution in [2.75, 3.05) is 5.73 Å². The molecule has 1 aliphatic rings. The molecule has 1 aromatic carbocycles. The number of benzene rings is 1. The third-order valence-electron chi connectivity index (χ3n) is 4.26. The van der Waals surface area contributed by atoms with Crippen LogP contribution in [0.3, 0.4) is 0 Å². The third kappa shape index (κ3) is 4.26. The second-order valence-corrected chi connectivity index (χ2v) is 5.94. The Bertz CT molecular complexity index is 436. The number of hydrogen-bond acceptors (Lipinski definition) is 2. The lowest BCUT2D eigenvalue weighted by atomic mass is 9.95. The highest BCUT2D eigenvalue weighted by molar-refractivity contribution is 5.83. The van der Waals surface area contributed by atoms with Gasteiger partial charge in [-0.1, -0.05) is 44.2 Å². The van der Waals surface area contributed by atoms with E-state index in [1.807, 2.05) is 31.2 Å². The Morgan fingerprint density at radius 2 is 1.85 bits per heavy atom. The zero-order valence-electron chi connectivity index (χ0n) is 12.4. The van der Waals surface area contributed by atoms with Gasteiger partial charge in [-0.2, -0.15) is 0 Å². The van der Waals surface area contributed by atoms with Gasteiger partial charge in [-0.25, -0.2) is 0 Å². The van der Waals surface area contributed by atoms with E-state index in [4.69, 9.17) is 5.73 Å². The lowest BCUT2D eigenvalue weighted by Gasteiger charge is -2.23. The molecule has 0 heterocycles. The highest BCUT2D eigenvalue weighted by Crippen LogP contribution is 2.21. The van der Waals surface area contributed by atoms with E-state index >= 15 is 0 Å². The normalized spacial score (nSPS) is 18.9. The van der Waals surface area contributed by atoms with Crippen molar-refractivity contribution < 1.29 is 4.79 Å². The molecule has 0 spiro atoms. The Balaban J connectivity index is 1.92. The minimum Gasteiger partial charge on any atom is -0.399 e. The molecule has 2 rings (SSSR count). The van der Waals surface area contributed by atoms with E-state index in [-0.39, 0.29) is 11.8 Å². The summed E-state index contributed by atoms with van der Waals surface area (Å²) in [4.78, 5) is 12.4. The van der Waals surface area contributed by atoms with Gasteiger partial charge >= 0.3 is 0 Å². The van der Waals surface area contributed by atoms with Crippen molar-refractivity contribution in [1.29, 1.82) is 0 Å². The molecule has 0 aliphatic heterocycles. The van der Waals surface area contributed by atoms with E-state index in [0.717, 1.165) is 18.4 Å². The molecule has 1 saturated carbocycles. The Morgan fingerprint density at radius 1 is 1.20 bits per heavy atom. The first-order valence-electron chi connectivity index (χ1n) is 7.82. The Labute approximate surface area is 121 Å². The molecular formula is C17H26N2O. The molecule has 110 valence electrons. The predicted octanol–water partition coefficient (Wildman–Crippen LogP) is 3.60. The topological polar surface area (TPSA) is 55.1 Å². The molecule has 3 N–H and O–H groups in total. The molecule has 0 bridgehead atoms. The molecular weight excluding hydrogens is 248 g/mol. The highest BCUT2D eigenvalue weighted by Gasteiger charge is 2.19. The van der Waals surface area contributed by atoms with Crippen molar-refractivity contribution in [3.63, 3.8) is 0 Å². The predicted molar refractivity (Wildman–Crippen MR) is 83.5 cm³/mol. The number of hydrogen-bond donors (Lipinski definition) is 2. The summed E-state index contributed by atoms with van der Waals surface area (Å²) >= 11 is 0. The quantitative estimate of drug-likeness (QED) is 0.827. The first kappa shape index (κ1) is 14.9. The monoisotopic (exact) mass is 274 g/mol. The number of carbonyl (C=O) groups excluding carboxylic acids is 1. The van der Waals surface area contributed by atoms with Crippen LogP contribution in [-0.4, -0.2) is 11.9 Å². The fraction of sp³-hybridized carbons (Fsp3) is 0.588. The van der Waals surface area contributed by atoms with Gasteiger partial charge in [0, 0.05) is 11.7 Å². The van der Waals surface area contributed by atoms with Crippen molar-refractivity contribution in [2.24, 2.45) is 0 Å². The number of rotatable bonds is 3. The molecule has 20 heavy (non-hydrogen) atoms. The van der Waals surface area contributed by atoms with Crippen molar-refractivity contribution in [2.45, 2.75) is 63.8 Å². The van der Waals surface area contributed by atoms with Crippen LogP contribution in [0.15, 0.2) is 24.3 Å². The van der Waals surface area contributed by atoms with Crippen molar-refractivity contribution in [3.05, 3.63) is 29.8 Å². The minimum atomic E-state index is -0.135. The van der Waals surface area contributed by atoms with Crippen LogP contribution >= 0.6 is 0 Å². The molecule has 1 atom stereocenters. The van der Waals surface area contributed by atoms with Crippen molar-refractivity contribution >= 4 is 11.6 Å². The molecule has 1 unspecified atom stereocenters. The molecule has 0 aromatic heterocycles. The summed E-state index contributed by atoms with van der Waals surface area (Å²) < 4.78 is 0. The van der Waals surface area contributed by atoms with E-state index in [1.54, 1.807) is 0 Å². The Kier molecular flexibility index (Phi) is 5.45. The second kappa shape index (κ2) is 7.32. The molecule has 3 heteroatoms. The smallest absolute Gasteiger partial charge is 0.227 e. The molecule has 0 saturated heterocycles. The largest absolute Gasteiger partial charge is 0.399 e. The van der Waals surface area contributed by atoms with Gasteiger partial charge in [0.2, 0.25) is 5.91 Å². The van der Waals surface area contributed by atoms with Gasteiger partial charge in [0.1, 0.15) is 0 Å². The van der Waals surface area contributed by atoms with Crippen LogP contribution in [0.2, 0.25) is 0 Å². The Morgan fingerprint density at radius 3 is 2.50 bits per heavy atom. The average Bonchev–Trinajstić information content (AvgIpc) is 2.40. The number of carbonyl (C=O) groups is 1. The van der Waals surface area contributed by atoms with Gasteiger partial charge in [-0.3, -0.25) is 4.79 Å². The van der Waals surface area contributed by atoms with E-state index in [9.17, 15) is 4.79 Å². The fourth-order valence-corrected chi connectivity index (χ4v) is 2.91. The fourth-order valence-electron chi connectivity index (χ4n) is 2.91. The summed E-state index contributed by atoms with van der Waals surface area (Å²) in [7, 11) is 0. The number of nitrogen functional groups attached to an aromatic ring is 1. The van der Waals surface area contributed by atoms with E-state index in [2.05, 4.69) is 5.32 Å². The van der Waals surface area contributed by atoms with Crippen LogP contribution in [0, 0.1) is 0 Å². The summed E-state index contributed by atoms with van der Waals surface area (Å²) in [6.07, 6.45) is 8.66. The maximum Gasteiger partial charge on any atom is 0.227 e. The summed E-state index contributed by atoms with van der Waals surface area (Å²) in [5, 5.41) is 3.22. The molecule has 1 fully saturated rings. The summed E-state index contributed by atoms with van der Waals surface area (Å²) in [5.74, 6) is -0.00915. The van der Waals surface area contributed by atoms with Gasteiger partial charge in [-0.15, -0.1) is 0 Å². The van der Waals surface area contributed by atoms with Crippen LogP contribution in [0.1, 0.15) is 63.4 Å². The van der Waals surface area contributed by atoms with Gasteiger partial charge < -0.3 is 11.1 Å². The lowest BCUT2D eigenvalue weighted by Crippen LogP contribution is -2.37. The minimum absolute atomic E-state index is 0.126. The Hall–Kier alpha value is -1.51. The SMILES string of the molecule is CC(C(=O)NC1CCCCCCC1)c1cccc(N)c1. The number of nitrogens with two attached hydrogens (primary N) is 1. The maximum absolute atomic E-state index is 12.4. The second-order valence-electron chi connectivity index (χ2n) is 5.94. The average molecular weight is 274 g/mol. The van der Waals surface area contributed by atoms with E-state index in [0.29, 0.717) is 11.7 Å². The van der Waals surface area contributed by atoms with Crippen LogP contribution in [0.5, 0.6) is 0 Å².